The summed E-state index contributed by atoms with van der Waals surface area (Å²) in [6, 6.07) is 16.0. The first-order valence-corrected chi connectivity index (χ1v) is 6.41. The number of hydrogen-bond acceptors (Lipinski definition) is 1. The van der Waals surface area contributed by atoms with Gasteiger partial charge in [0.15, 0.2) is 0 Å². The summed E-state index contributed by atoms with van der Waals surface area (Å²) in [5, 5.41) is 14.4. The zero-order valence-electron chi connectivity index (χ0n) is 10.6. The van der Waals surface area contributed by atoms with E-state index in [1.807, 2.05) is 42.5 Å². The van der Waals surface area contributed by atoms with Crippen LogP contribution < -0.4 is 0 Å². The Kier molecular flexibility index (Phi) is 2.12. The first kappa shape index (κ1) is 11.1. The second kappa shape index (κ2) is 3.84. The van der Waals surface area contributed by atoms with Crippen molar-refractivity contribution in [3.05, 3.63) is 60.3 Å². The predicted molar refractivity (Wildman–Crippen MR) is 80.3 cm³/mol. The largest absolute Gasteiger partial charge is 0.478 e. The molecule has 96 valence electrons. The van der Waals surface area contributed by atoms with Crippen LogP contribution in [0.1, 0.15) is 10.4 Å². The van der Waals surface area contributed by atoms with Crippen molar-refractivity contribution in [1.82, 2.24) is 4.98 Å². The molecule has 0 spiro atoms. The fraction of sp³-hybridized carbons (Fsp3) is 0. The minimum Gasteiger partial charge on any atom is -0.478 e. The molecule has 0 saturated carbocycles. The summed E-state index contributed by atoms with van der Waals surface area (Å²) in [5.74, 6) is -0.906. The molecule has 0 radical (unpaired) electrons. The average molecular weight is 261 g/mol. The van der Waals surface area contributed by atoms with Gasteiger partial charge in [-0.2, -0.15) is 0 Å². The first-order chi connectivity index (χ1) is 9.77. The quantitative estimate of drug-likeness (QED) is 0.505. The van der Waals surface area contributed by atoms with Gasteiger partial charge in [-0.05, 0) is 16.2 Å². The van der Waals surface area contributed by atoms with Gasteiger partial charge in [-0.3, -0.25) is 0 Å². The molecule has 3 aromatic carbocycles. The molecule has 3 nitrogen and oxygen atoms in total. The molecule has 0 saturated heterocycles. The number of carboxylic acids is 1. The minimum atomic E-state index is -0.906. The van der Waals surface area contributed by atoms with Gasteiger partial charge in [0.25, 0.3) is 0 Å². The molecule has 0 aliphatic rings. The first-order valence-electron chi connectivity index (χ1n) is 6.41. The fourth-order valence-corrected chi connectivity index (χ4v) is 2.96. The molecule has 0 bridgehead atoms. The number of H-pyrrole nitrogens is 1. The number of benzene rings is 3. The smallest absolute Gasteiger partial charge is 0.337 e. The maximum absolute atomic E-state index is 11.4. The van der Waals surface area contributed by atoms with Gasteiger partial charge in [-0.15, -0.1) is 0 Å². The molecule has 0 aliphatic heterocycles. The lowest BCUT2D eigenvalue weighted by Gasteiger charge is -2.07. The Morgan fingerprint density at radius 3 is 2.05 bits per heavy atom. The summed E-state index contributed by atoms with van der Waals surface area (Å²) in [6.07, 6.45) is 1.58. The Balaban J connectivity index is 2.41. The second-order valence-corrected chi connectivity index (χ2v) is 4.85. The molecular weight excluding hydrogens is 250 g/mol. The van der Waals surface area contributed by atoms with E-state index in [-0.39, 0.29) is 0 Å². The highest BCUT2D eigenvalue weighted by Gasteiger charge is 2.16. The van der Waals surface area contributed by atoms with E-state index >= 15 is 0 Å². The molecule has 0 atom stereocenters. The highest BCUT2D eigenvalue weighted by molar-refractivity contribution is 6.28. The van der Waals surface area contributed by atoms with Gasteiger partial charge >= 0.3 is 5.97 Å². The monoisotopic (exact) mass is 261 g/mol. The Hall–Kier alpha value is -2.81. The average Bonchev–Trinajstić information content (AvgIpc) is 2.93. The van der Waals surface area contributed by atoms with Crippen LogP contribution >= 0.6 is 0 Å². The Bertz CT molecular complexity index is 982. The number of aromatic nitrogens is 1. The number of carboxylic acid groups (broad SMARTS) is 1. The van der Waals surface area contributed by atoms with Crippen molar-refractivity contribution in [3.63, 3.8) is 0 Å². The maximum Gasteiger partial charge on any atom is 0.337 e. The van der Waals surface area contributed by atoms with Crippen LogP contribution in [0.25, 0.3) is 32.4 Å². The third kappa shape index (κ3) is 1.32. The van der Waals surface area contributed by atoms with E-state index in [1.165, 1.54) is 0 Å². The zero-order valence-corrected chi connectivity index (χ0v) is 10.6. The highest BCUT2D eigenvalue weighted by Crippen LogP contribution is 2.36. The van der Waals surface area contributed by atoms with Crippen LogP contribution in [-0.2, 0) is 0 Å². The van der Waals surface area contributed by atoms with Crippen molar-refractivity contribution in [2.45, 2.75) is 0 Å². The molecule has 1 heterocycles. The van der Waals surface area contributed by atoms with Crippen LogP contribution in [0, 0.1) is 0 Å². The highest BCUT2D eigenvalue weighted by atomic mass is 16.4. The molecule has 0 aliphatic carbocycles. The molecule has 3 heteroatoms. The van der Waals surface area contributed by atoms with Crippen molar-refractivity contribution < 1.29 is 9.90 Å². The number of aromatic amines is 1. The number of hydrogen-bond donors (Lipinski definition) is 2. The van der Waals surface area contributed by atoms with Crippen LogP contribution in [0.15, 0.2) is 54.7 Å². The summed E-state index contributed by atoms with van der Waals surface area (Å²) in [7, 11) is 0. The molecule has 1 aromatic heterocycles. The van der Waals surface area contributed by atoms with Crippen molar-refractivity contribution in [3.8, 4) is 0 Å². The number of fused-ring (bicyclic) bond motifs is 6. The van der Waals surface area contributed by atoms with Crippen molar-refractivity contribution in [1.29, 1.82) is 0 Å². The van der Waals surface area contributed by atoms with E-state index in [4.69, 9.17) is 0 Å². The number of rotatable bonds is 1. The van der Waals surface area contributed by atoms with Crippen LogP contribution in [0.3, 0.4) is 0 Å². The lowest BCUT2D eigenvalue weighted by Crippen LogP contribution is -1.94. The SMILES string of the molecule is O=C(O)c1c[nH]c2c3ccccc3c3ccccc3c12. The summed E-state index contributed by atoms with van der Waals surface area (Å²) < 4.78 is 0. The molecule has 0 fully saturated rings. The molecule has 0 amide bonds. The number of aromatic carboxylic acids is 1. The third-order valence-corrected chi connectivity index (χ3v) is 3.79. The van der Waals surface area contributed by atoms with Crippen LogP contribution in [-0.4, -0.2) is 16.1 Å². The normalized spacial score (nSPS) is 11.4. The Morgan fingerprint density at radius 1 is 0.850 bits per heavy atom. The van der Waals surface area contributed by atoms with E-state index in [9.17, 15) is 9.90 Å². The maximum atomic E-state index is 11.4. The summed E-state index contributed by atoms with van der Waals surface area (Å²) in [4.78, 5) is 14.6. The number of carbonyl (C=O) groups is 1. The Labute approximate surface area is 114 Å². The second-order valence-electron chi connectivity index (χ2n) is 4.85. The number of nitrogens with one attached hydrogen (secondary N) is 1. The summed E-state index contributed by atoms with van der Waals surface area (Å²) >= 11 is 0. The van der Waals surface area contributed by atoms with Gasteiger partial charge in [0.2, 0.25) is 0 Å². The van der Waals surface area contributed by atoms with Gasteiger partial charge in [0.05, 0.1) is 11.1 Å². The van der Waals surface area contributed by atoms with Crippen LogP contribution in [0.2, 0.25) is 0 Å². The van der Waals surface area contributed by atoms with Crippen LogP contribution in [0.5, 0.6) is 0 Å². The predicted octanol–water partition coefficient (Wildman–Crippen LogP) is 4.17. The topological polar surface area (TPSA) is 53.1 Å². The standard InChI is InChI=1S/C17H11NO2/c19-17(20)14-9-18-16-13-8-4-2-6-11(13)10-5-1-3-7-12(10)15(14)16/h1-9,18H,(H,19,20). The lowest BCUT2D eigenvalue weighted by atomic mass is 9.96. The van der Waals surface area contributed by atoms with Crippen molar-refractivity contribution in [2.24, 2.45) is 0 Å². The Morgan fingerprint density at radius 2 is 1.40 bits per heavy atom. The molecule has 4 rings (SSSR count). The minimum absolute atomic E-state index is 0.321. The summed E-state index contributed by atoms with van der Waals surface area (Å²) in [5.41, 5.74) is 1.21. The van der Waals surface area contributed by atoms with Gasteiger partial charge in [0.1, 0.15) is 0 Å². The molecular formula is C17H11NO2. The zero-order chi connectivity index (χ0) is 13.7. The van der Waals surface area contributed by atoms with E-state index in [1.54, 1.807) is 6.20 Å². The third-order valence-electron chi connectivity index (χ3n) is 3.79. The van der Waals surface area contributed by atoms with Crippen LogP contribution in [0.4, 0.5) is 0 Å². The molecule has 20 heavy (non-hydrogen) atoms. The van der Waals surface area contributed by atoms with Gasteiger partial charge < -0.3 is 10.1 Å². The van der Waals surface area contributed by atoms with Crippen molar-refractivity contribution >= 4 is 38.4 Å². The van der Waals surface area contributed by atoms with E-state index in [0.717, 1.165) is 32.4 Å². The fourth-order valence-electron chi connectivity index (χ4n) is 2.96. The lowest BCUT2D eigenvalue weighted by molar-refractivity contribution is 0.0699. The van der Waals surface area contributed by atoms with Gasteiger partial charge in [0, 0.05) is 17.0 Å². The summed E-state index contributed by atoms with van der Waals surface area (Å²) in [6.45, 7) is 0. The van der Waals surface area contributed by atoms with E-state index < -0.39 is 5.97 Å². The van der Waals surface area contributed by atoms with Gasteiger partial charge in [-0.25, -0.2) is 4.79 Å². The molecule has 2 N–H and O–H groups in total. The van der Waals surface area contributed by atoms with Crippen molar-refractivity contribution in [2.75, 3.05) is 0 Å². The molecule has 0 unspecified atom stereocenters. The van der Waals surface area contributed by atoms with E-state index in [0.29, 0.717) is 5.56 Å². The molecule has 4 aromatic rings. The van der Waals surface area contributed by atoms with Gasteiger partial charge in [-0.1, -0.05) is 48.5 Å². The van der Waals surface area contributed by atoms with E-state index in [2.05, 4.69) is 11.1 Å².